The molecule has 2 atom stereocenters. The van der Waals surface area contributed by atoms with Crippen molar-refractivity contribution >= 4 is 5.97 Å². The van der Waals surface area contributed by atoms with Crippen molar-refractivity contribution in [3.8, 4) is 0 Å². The van der Waals surface area contributed by atoms with Gasteiger partial charge in [0.25, 0.3) is 0 Å². The highest BCUT2D eigenvalue weighted by Gasteiger charge is 2.34. The first-order valence-corrected chi connectivity index (χ1v) is 6.85. The van der Waals surface area contributed by atoms with Gasteiger partial charge in [0.15, 0.2) is 0 Å². The predicted octanol–water partition coefficient (Wildman–Crippen LogP) is 1.16. The second-order valence-electron chi connectivity index (χ2n) is 5.13. The third-order valence-corrected chi connectivity index (χ3v) is 4.05. The molecule has 98 valence electrons. The normalized spacial score (nSPS) is 29.0. The van der Waals surface area contributed by atoms with Gasteiger partial charge < -0.3 is 10.1 Å². The van der Waals surface area contributed by atoms with Crippen molar-refractivity contribution in [2.45, 2.75) is 50.6 Å². The van der Waals surface area contributed by atoms with Crippen LogP contribution in [0, 0.1) is 0 Å². The summed E-state index contributed by atoms with van der Waals surface area (Å²) in [7, 11) is 1.45. The lowest BCUT2D eigenvalue weighted by Gasteiger charge is -2.32. The Morgan fingerprint density at radius 1 is 1.35 bits per heavy atom. The smallest absolute Gasteiger partial charge is 0.305 e. The highest BCUT2D eigenvalue weighted by molar-refractivity contribution is 5.69. The summed E-state index contributed by atoms with van der Waals surface area (Å²) in [5.41, 5.74) is 0. The monoisotopic (exact) mass is 240 g/mol. The first kappa shape index (κ1) is 12.8. The molecule has 0 spiro atoms. The van der Waals surface area contributed by atoms with Crippen LogP contribution in [0.2, 0.25) is 0 Å². The lowest BCUT2D eigenvalue weighted by molar-refractivity contribution is -0.140. The Balaban J connectivity index is 1.64. The van der Waals surface area contributed by atoms with Crippen molar-refractivity contribution in [1.29, 1.82) is 0 Å². The maximum absolute atomic E-state index is 11.0. The molecular formula is C13H24N2O2. The van der Waals surface area contributed by atoms with Gasteiger partial charge in [-0.3, -0.25) is 9.69 Å². The zero-order valence-electron chi connectivity index (χ0n) is 10.8. The number of methoxy groups -OCH3 is 1. The van der Waals surface area contributed by atoms with E-state index in [4.69, 9.17) is 0 Å². The van der Waals surface area contributed by atoms with E-state index < -0.39 is 0 Å². The van der Waals surface area contributed by atoms with Crippen molar-refractivity contribution in [3.63, 3.8) is 0 Å². The number of carbonyl (C=O) groups excluding carboxylic acids is 1. The Labute approximate surface area is 104 Å². The van der Waals surface area contributed by atoms with E-state index >= 15 is 0 Å². The fourth-order valence-electron chi connectivity index (χ4n) is 3.11. The number of carbonyl (C=O) groups is 1. The van der Waals surface area contributed by atoms with E-state index in [1.54, 1.807) is 0 Å². The molecule has 0 aromatic heterocycles. The van der Waals surface area contributed by atoms with Crippen molar-refractivity contribution in [2.24, 2.45) is 0 Å². The van der Waals surface area contributed by atoms with Gasteiger partial charge in [-0.05, 0) is 38.8 Å². The SMILES string of the molecule is COC(=O)CCCNC1CCN2CCCCC12. The standard InChI is InChI=1S/C13H24N2O2/c1-17-13(16)6-4-8-14-11-7-10-15-9-3-2-5-12(11)15/h11-12,14H,2-10H2,1H3. The number of ether oxygens (including phenoxy) is 1. The van der Waals surface area contributed by atoms with Gasteiger partial charge in [0, 0.05) is 25.0 Å². The van der Waals surface area contributed by atoms with Crippen LogP contribution in [0.15, 0.2) is 0 Å². The molecular weight excluding hydrogens is 216 g/mol. The van der Waals surface area contributed by atoms with E-state index in [1.165, 1.54) is 45.9 Å². The maximum Gasteiger partial charge on any atom is 0.305 e. The molecule has 0 bridgehead atoms. The van der Waals surface area contributed by atoms with Gasteiger partial charge in [-0.15, -0.1) is 0 Å². The zero-order chi connectivity index (χ0) is 12.1. The highest BCUT2D eigenvalue weighted by Crippen LogP contribution is 2.26. The van der Waals surface area contributed by atoms with E-state index in [-0.39, 0.29) is 5.97 Å². The Bertz CT molecular complexity index is 258. The van der Waals surface area contributed by atoms with Crippen LogP contribution in [0.25, 0.3) is 0 Å². The molecule has 0 aromatic rings. The average molecular weight is 240 g/mol. The van der Waals surface area contributed by atoms with Crippen LogP contribution >= 0.6 is 0 Å². The van der Waals surface area contributed by atoms with Crippen molar-refractivity contribution < 1.29 is 9.53 Å². The topological polar surface area (TPSA) is 41.6 Å². The van der Waals surface area contributed by atoms with Crippen LogP contribution in [-0.4, -0.2) is 49.7 Å². The minimum atomic E-state index is -0.0995. The van der Waals surface area contributed by atoms with E-state index in [0.29, 0.717) is 12.5 Å². The van der Waals surface area contributed by atoms with Crippen molar-refractivity contribution in [3.05, 3.63) is 0 Å². The second kappa shape index (κ2) is 6.36. The molecule has 2 fully saturated rings. The largest absolute Gasteiger partial charge is 0.469 e. The second-order valence-corrected chi connectivity index (χ2v) is 5.13. The minimum Gasteiger partial charge on any atom is -0.469 e. The van der Waals surface area contributed by atoms with Gasteiger partial charge in [-0.2, -0.15) is 0 Å². The Hall–Kier alpha value is -0.610. The Morgan fingerprint density at radius 2 is 2.24 bits per heavy atom. The molecule has 1 N–H and O–H groups in total. The fourth-order valence-corrected chi connectivity index (χ4v) is 3.11. The summed E-state index contributed by atoms with van der Waals surface area (Å²) in [5, 5.41) is 3.61. The fraction of sp³-hybridized carbons (Fsp3) is 0.923. The molecule has 4 heteroatoms. The predicted molar refractivity (Wildman–Crippen MR) is 66.9 cm³/mol. The number of hydrogen-bond donors (Lipinski definition) is 1. The van der Waals surface area contributed by atoms with Crippen LogP contribution < -0.4 is 5.32 Å². The molecule has 2 unspecified atom stereocenters. The summed E-state index contributed by atoms with van der Waals surface area (Å²) in [5.74, 6) is -0.0995. The van der Waals surface area contributed by atoms with Crippen LogP contribution in [0.4, 0.5) is 0 Å². The maximum atomic E-state index is 11.0. The molecule has 0 aromatic carbocycles. The molecule has 2 rings (SSSR count). The molecule has 0 amide bonds. The van der Waals surface area contributed by atoms with Gasteiger partial charge in [-0.1, -0.05) is 6.42 Å². The van der Waals surface area contributed by atoms with Crippen molar-refractivity contribution in [1.82, 2.24) is 10.2 Å². The lowest BCUT2D eigenvalue weighted by Crippen LogP contribution is -2.45. The van der Waals surface area contributed by atoms with Crippen LogP contribution in [0.1, 0.15) is 38.5 Å². The highest BCUT2D eigenvalue weighted by atomic mass is 16.5. The zero-order valence-corrected chi connectivity index (χ0v) is 10.8. The van der Waals surface area contributed by atoms with Gasteiger partial charge in [0.05, 0.1) is 7.11 Å². The molecule has 2 heterocycles. The molecule has 2 saturated heterocycles. The third kappa shape index (κ3) is 3.42. The number of rotatable bonds is 5. The van der Waals surface area contributed by atoms with Crippen LogP contribution in [0.5, 0.6) is 0 Å². The molecule has 2 aliphatic heterocycles. The minimum absolute atomic E-state index is 0.0995. The van der Waals surface area contributed by atoms with E-state index in [2.05, 4.69) is 15.0 Å². The van der Waals surface area contributed by atoms with Gasteiger partial charge in [-0.25, -0.2) is 0 Å². The van der Waals surface area contributed by atoms with E-state index in [0.717, 1.165) is 19.0 Å². The number of hydrogen-bond acceptors (Lipinski definition) is 4. The number of nitrogens with one attached hydrogen (secondary N) is 1. The van der Waals surface area contributed by atoms with E-state index in [1.807, 2.05) is 0 Å². The molecule has 0 saturated carbocycles. The summed E-state index contributed by atoms with van der Waals surface area (Å²) < 4.78 is 4.63. The third-order valence-electron chi connectivity index (χ3n) is 4.05. The van der Waals surface area contributed by atoms with Gasteiger partial charge in [0.1, 0.15) is 0 Å². The lowest BCUT2D eigenvalue weighted by atomic mass is 9.99. The summed E-state index contributed by atoms with van der Waals surface area (Å²) >= 11 is 0. The number of esters is 1. The molecule has 0 aliphatic carbocycles. The summed E-state index contributed by atoms with van der Waals surface area (Å²) in [6.07, 6.45) is 6.77. The molecule has 4 nitrogen and oxygen atoms in total. The molecule has 17 heavy (non-hydrogen) atoms. The Kier molecular flexibility index (Phi) is 4.80. The quantitative estimate of drug-likeness (QED) is 0.578. The number of nitrogens with zero attached hydrogens (tertiary/aromatic N) is 1. The first-order valence-electron chi connectivity index (χ1n) is 6.85. The van der Waals surface area contributed by atoms with E-state index in [9.17, 15) is 4.79 Å². The summed E-state index contributed by atoms with van der Waals surface area (Å²) in [6.45, 7) is 3.47. The van der Waals surface area contributed by atoms with Crippen LogP contribution in [-0.2, 0) is 9.53 Å². The Morgan fingerprint density at radius 3 is 3.06 bits per heavy atom. The van der Waals surface area contributed by atoms with Crippen LogP contribution in [0.3, 0.4) is 0 Å². The van der Waals surface area contributed by atoms with Crippen molar-refractivity contribution in [2.75, 3.05) is 26.7 Å². The summed E-state index contributed by atoms with van der Waals surface area (Å²) in [6, 6.07) is 1.40. The first-order chi connectivity index (χ1) is 8.31. The number of piperidine rings is 1. The van der Waals surface area contributed by atoms with Gasteiger partial charge in [0.2, 0.25) is 0 Å². The van der Waals surface area contributed by atoms with Gasteiger partial charge >= 0.3 is 5.97 Å². The average Bonchev–Trinajstić information content (AvgIpc) is 2.78. The molecule has 0 radical (unpaired) electrons. The molecule has 2 aliphatic rings. The summed E-state index contributed by atoms with van der Waals surface area (Å²) in [4.78, 5) is 13.6. The number of fused-ring (bicyclic) bond motifs is 1.